The normalized spacial score (nSPS) is 15.0. The van der Waals surface area contributed by atoms with E-state index in [-0.39, 0.29) is 17.7 Å². The topological polar surface area (TPSA) is 70.6 Å². The van der Waals surface area contributed by atoms with E-state index < -0.39 is 0 Å². The first-order valence-corrected chi connectivity index (χ1v) is 10.4. The molecule has 2 N–H and O–H groups in total. The van der Waals surface area contributed by atoms with E-state index in [1.165, 1.54) is 6.42 Å². The highest BCUT2D eigenvalue weighted by atomic mass is 16.2. The van der Waals surface area contributed by atoms with Crippen LogP contribution in [0.15, 0.2) is 59.7 Å². The predicted molar refractivity (Wildman–Crippen MR) is 117 cm³/mol. The summed E-state index contributed by atoms with van der Waals surface area (Å²) in [6, 6.07) is 17.5. The lowest BCUT2D eigenvalue weighted by molar-refractivity contribution is -0.121. The monoisotopic (exact) mass is 391 g/mol. The second kappa shape index (κ2) is 10.6. The molecular weight excluding hydrogens is 362 g/mol. The number of nitrogens with one attached hydrogen (secondary N) is 2. The van der Waals surface area contributed by atoms with E-state index in [0.29, 0.717) is 12.8 Å². The van der Waals surface area contributed by atoms with Crippen LogP contribution in [0.2, 0.25) is 0 Å². The molecule has 2 aromatic carbocycles. The van der Waals surface area contributed by atoms with Gasteiger partial charge in [0.1, 0.15) is 0 Å². The van der Waals surface area contributed by atoms with Crippen molar-refractivity contribution in [3.8, 4) is 0 Å². The fourth-order valence-corrected chi connectivity index (χ4v) is 3.57. The fourth-order valence-electron chi connectivity index (χ4n) is 3.57. The number of anilines is 1. The average Bonchev–Trinajstić information content (AvgIpc) is 2.78. The van der Waals surface area contributed by atoms with Crippen molar-refractivity contribution in [2.45, 2.75) is 51.9 Å². The number of carbonyl (C=O) groups is 2. The molecule has 5 heteroatoms. The van der Waals surface area contributed by atoms with Gasteiger partial charge < -0.3 is 5.32 Å². The highest BCUT2D eigenvalue weighted by Gasteiger charge is 2.20. The van der Waals surface area contributed by atoms with Crippen LogP contribution in [0.4, 0.5) is 5.69 Å². The molecule has 29 heavy (non-hydrogen) atoms. The molecule has 0 aliphatic heterocycles. The van der Waals surface area contributed by atoms with E-state index >= 15 is 0 Å². The van der Waals surface area contributed by atoms with E-state index in [2.05, 4.69) is 15.8 Å². The minimum absolute atomic E-state index is 0.107. The Labute approximate surface area is 172 Å². The average molecular weight is 392 g/mol. The molecule has 0 bridgehead atoms. The quantitative estimate of drug-likeness (QED) is 0.531. The molecule has 1 aliphatic carbocycles. The summed E-state index contributed by atoms with van der Waals surface area (Å²) in [4.78, 5) is 24.4. The van der Waals surface area contributed by atoms with Crippen LogP contribution < -0.4 is 10.7 Å². The van der Waals surface area contributed by atoms with E-state index in [0.717, 1.165) is 48.2 Å². The first kappa shape index (κ1) is 20.8. The minimum atomic E-state index is -0.107. The number of hydrazone groups is 1. The number of aryl methyl sites for hydroxylation is 1. The Kier molecular flexibility index (Phi) is 7.56. The van der Waals surface area contributed by atoms with Crippen LogP contribution in [0.25, 0.3) is 0 Å². The van der Waals surface area contributed by atoms with E-state index in [1.807, 2.05) is 61.5 Å². The minimum Gasteiger partial charge on any atom is -0.326 e. The molecule has 1 fully saturated rings. The molecule has 152 valence electrons. The molecule has 1 aliphatic rings. The zero-order valence-electron chi connectivity index (χ0n) is 17.0. The largest absolute Gasteiger partial charge is 0.326 e. The highest BCUT2D eigenvalue weighted by molar-refractivity contribution is 6.00. The maximum absolute atomic E-state index is 12.3. The van der Waals surface area contributed by atoms with Crippen LogP contribution in [0.5, 0.6) is 0 Å². The zero-order chi connectivity index (χ0) is 20.5. The molecular formula is C24H29N3O2. The zero-order valence-corrected chi connectivity index (χ0v) is 17.0. The lowest BCUT2D eigenvalue weighted by Gasteiger charge is -2.20. The molecule has 0 aromatic heterocycles. The summed E-state index contributed by atoms with van der Waals surface area (Å²) < 4.78 is 0. The SMILES string of the molecule is C/C(=N\NC(=O)CCc1ccccc1)c1ccc(NC(=O)C2CCCCC2)cc1. The summed E-state index contributed by atoms with van der Waals surface area (Å²) in [5, 5.41) is 7.21. The number of carbonyl (C=O) groups excluding carboxylic acids is 2. The molecule has 0 atom stereocenters. The van der Waals surface area contributed by atoms with Gasteiger partial charge in [-0.05, 0) is 49.4 Å². The highest BCUT2D eigenvalue weighted by Crippen LogP contribution is 2.25. The van der Waals surface area contributed by atoms with Crippen molar-refractivity contribution in [3.05, 3.63) is 65.7 Å². The number of rotatable bonds is 7. The first-order chi connectivity index (χ1) is 14.1. The van der Waals surface area contributed by atoms with Gasteiger partial charge in [-0.3, -0.25) is 9.59 Å². The van der Waals surface area contributed by atoms with Crippen LogP contribution in [0.1, 0.15) is 56.6 Å². The Hall–Kier alpha value is -2.95. The van der Waals surface area contributed by atoms with Gasteiger partial charge in [0.15, 0.2) is 0 Å². The number of amides is 2. The van der Waals surface area contributed by atoms with Crippen LogP contribution in [-0.2, 0) is 16.0 Å². The van der Waals surface area contributed by atoms with Crippen molar-refractivity contribution in [2.75, 3.05) is 5.32 Å². The Morgan fingerprint density at radius 3 is 2.34 bits per heavy atom. The standard InChI is InChI=1S/C24H29N3O2/c1-18(26-27-23(28)17-12-19-8-4-2-5-9-19)20-13-15-22(16-14-20)25-24(29)21-10-6-3-7-11-21/h2,4-5,8-9,13-16,21H,3,6-7,10-12,17H2,1H3,(H,25,29)(H,27,28)/b26-18+. The molecule has 0 saturated heterocycles. The summed E-state index contributed by atoms with van der Waals surface area (Å²) in [7, 11) is 0. The Bertz CT molecular complexity index is 838. The summed E-state index contributed by atoms with van der Waals surface area (Å²) >= 11 is 0. The summed E-state index contributed by atoms with van der Waals surface area (Å²) in [5.41, 5.74) is 6.18. The van der Waals surface area contributed by atoms with Crippen LogP contribution >= 0.6 is 0 Å². The first-order valence-electron chi connectivity index (χ1n) is 10.4. The maximum atomic E-state index is 12.3. The Balaban J connectivity index is 1.48. The molecule has 0 spiro atoms. The van der Waals surface area contributed by atoms with Gasteiger partial charge in [-0.25, -0.2) is 5.43 Å². The number of benzene rings is 2. The van der Waals surface area contributed by atoms with Gasteiger partial charge in [-0.1, -0.05) is 61.7 Å². The van der Waals surface area contributed by atoms with Crippen molar-refractivity contribution in [2.24, 2.45) is 11.0 Å². The molecule has 3 rings (SSSR count). The summed E-state index contributed by atoms with van der Waals surface area (Å²) in [5.74, 6) is 0.149. The fraction of sp³-hybridized carbons (Fsp3) is 0.375. The van der Waals surface area contributed by atoms with E-state index in [9.17, 15) is 9.59 Å². The van der Waals surface area contributed by atoms with E-state index in [1.54, 1.807) is 0 Å². The van der Waals surface area contributed by atoms with Gasteiger partial charge in [0, 0.05) is 18.0 Å². The third-order valence-corrected chi connectivity index (χ3v) is 5.38. The predicted octanol–water partition coefficient (Wildman–Crippen LogP) is 4.68. The van der Waals surface area contributed by atoms with E-state index in [4.69, 9.17) is 0 Å². The van der Waals surface area contributed by atoms with Crippen LogP contribution in [0.3, 0.4) is 0 Å². The molecule has 5 nitrogen and oxygen atoms in total. The molecule has 0 unspecified atom stereocenters. The van der Waals surface area contributed by atoms with Crippen molar-refractivity contribution < 1.29 is 9.59 Å². The smallest absolute Gasteiger partial charge is 0.240 e. The Morgan fingerprint density at radius 1 is 0.966 bits per heavy atom. The number of nitrogens with zero attached hydrogens (tertiary/aromatic N) is 1. The summed E-state index contributed by atoms with van der Waals surface area (Å²) in [6.45, 7) is 1.85. The van der Waals surface area contributed by atoms with Crippen LogP contribution in [0, 0.1) is 5.92 Å². The van der Waals surface area contributed by atoms with Gasteiger partial charge >= 0.3 is 0 Å². The summed E-state index contributed by atoms with van der Waals surface area (Å²) in [6.07, 6.45) is 6.58. The van der Waals surface area contributed by atoms with Crippen molar-refractivity contribution in [1.82, 2.24) is 5.43 Å². The molecule has 2 amide bonds. The van der Waals surface area contributed by atoms with Gasteiger partial charge in [0.05, 0.1) is 5.71 Å². The second-order valence-electron chi connectivity index (χ2n) is 7.62. The molecule has 2 aromatic rings. The lowest BCUT2D eigenvalue weighted by Crippen LogP contribution is -2.24. The lowest BCUT2D eigenvalue weighted by atomic mass is 9.88. The second-order valence-corrected chi connectivity index (χ2v) is 7.62. The van der Waals surface area contributed by atoms with Crippen molar-refractivity contribution in [3.63, 3.8) is 0 Å². The van der Waals surface area contributed by atoms with Crippen molar-refractivity contribution >= 4 is 23.2 Å². The van der Waals surface area contributed by atoms with Crippen molar-refractivity contribution in [1.29, 1.82) is 0 Å². The van der Waals surface area contributed by atoms with Gasteiger partial charge in [0.25, 0.3) is 0 Å². The number of hydrogen-bond acceptors (Lipinski definition) is 3. The van der Waals surface area contributed by atoms with Gasteiger partial charge in [0.2, 0.25) is 11.8 Å². The van der Waals surface area contributed by atoms with Crippen LogP contribution in [-0.4, -0.2) is 17.5 Å². The number of hydrogen-bond donors (Lipinski definition) is 2. The third-order valence-electron chi connectivity index (χ3n) is 5.38. The molecule has 1 saturated carbocycles. The van der Waals surface area contributed by atoms with Gasteiger partial charge in [-0.15, -0.1) is 0 Å². The molecule has 0 heterocycles. The maximum Gasteiger partial charge on any atom is 0.240 e. The third kappa shape index (κ3) is 6.56. The molecule has 0 radical (unpaired) electrons. The Morgan fingerprint density at radius 2 is 1.66 bits per heavy atom. The van der Waals surface area contributed by atoms with Gasteiger partial charge in [-0.2, -0.15) is 5.10 Å².